The Bertz CT molecular complexity index is 607. The molecule has 22 heavy (non-hydrogen) atoms. The maximum absolute atomic E-state index is 9.95. The second-order valence-corrected chi connectivity index (χ2v) is 5.85. The lowest BCUT2D eigenvalue weighted by atomic mass is 10.2. The first-order valence-corrected chi connectivity index (χ1v) is 7.49. The Balaban J connectivity index is 1.60. The Morgan fingerprint density at radius 1 is 1.36 bits per heavy atom. The lowest BCUT2D eigenvalue weighted by molar-refractivity contribution is 0.103. The smallest absolute Gasteiger partial charge is 0.257 e. The molecule has 1 aliphatic rings. The summed E-state index contributed by atoms with van der Waals surface area (Å²) in [4.78, 5) is 6.42. The molecule has 1 fully saturated rings. The van der Waals surface area contributed by atoms with E-state index in [2.05, 4.69) is 10.1 Å². The average molecular weight is 303 g/mol. The largest absolute Gasteiger partial charge is 0.497 e. The van der Waals surface area contributed by atoms with Gasteiger partial charge in [0.2, 0.25) is 0 Å². The van der Waals surface area contributed by atoms with Crippen molar-refractivity contribution in [1.82, 2.24) is 15.0 Å². The Labute approximate surface area is 129 Å². The molecule has 3 rings (SSSR count). The van der Waals surface area contributed by atoms with Crippen LogP contribution in [-0.2, 0) is 6.54 Å². The summed E-state index contributed by atoms with van der Waals surface area (Å²) in [6.45, 7) is 1.19. The molecular formula is C16H21N3O3. The van der Waals surface area contributed by atoms with Crippen molar-refractivity contribution in [3.8, 4) is 17.2 Å². The second kappa shape index (κ2) is 6.46. The van der Waals surface area contributed by atoms with Gasteiger partial charge in [-0.15, -0.1) is 0 Å². The molecule has 1 atom stereocenters. The Hall–Kier alpha value is -1.92. The highest BCUT2D eigenvalue weighted by Crippen LogP contribution is 2.32. The number of likely N-dealkylation sites (N-methyl/N-ethyl adjacent to an activating group) is 1. The van der Waals surface area contributed by atoms with Gasteiger partial charge in [0.1, 0.15) is 5.75 Å². The van der Waals surface area contributed by atoms with Gasteiger partial charge in [-0.05, 0) is 50.1 Å². The second-order valence-electron chi connectivity index (χ2n) is 5.85. The van der Waals surface area contributed by atoms with E-state index in [1.807, 2.05) is 36.2 Å². The minimum atomic E-state index is -0.252. The number of hydrogen-bond donors (Lipinski definition) is 1. The van der Waals surface area contributed by atoms with E-state index in [0.717, 1.165) is 24.2 Å². The molecule has 0 spiro atoms. The van der Waals surface area contributed by atoms with Crippen LogP contribution in [0.3, 0.4) is 0 Å². The van der Waals surface area contributed by atoms with Crippen molar-refractivity contribution in [1.29, 1.82) is 0 Å². The molecule has 1 saturated carbocycles. The maximum Gasteiger partial charge on any atom is 0.257 e. The number of hydrogen-bond acceptors (Lipinski definition) is 6. The highest BCUT2D eigenvalue weighted by atomic mass is 16.5. The Morgan fingerprint density at radius 2 is 2.09 bits per heavy atom. The van der Waals surface area contributed by atoms with E-state index < -0.39 is 0 Å². The van der Waals surface area contributed by atoms with Crippen molar-refractivity contribution in [2.75, 3.05) is 20.7 Å². The van der Waals surface area contributed by atoms with Crippen molar-refractivity contribution in [3.05, 3.63) is 30.1 Å². The topological polar surface area (TPSA) is 71.6 Å². The summed E-state index contributed by atoms with van der Waals surface area (Å²) in [6, 6.07) is 7.49. The number of ether oxygens (including phenoxy) is 1. The molecule has 6 nitrogen and oxygen atoms in total. The van der Waals surface area contributed by atoms with Gasteiger partial charge in [-0.1, -0.05) is 5.16 Å². The summed E-state index contributed by atoms with van der Waals surface area (Å²) >= 11 is 0. The summed E-state index contributed by atoms with van der Waals surface area (Å²) < 4.78 is 10.4. The third-order valence-corrected chi connectivity index (χ3v) is 3.88. The Morgan fingerprint density at radius 3 is 2.73 bits per heavy atom. The fourth-order valence-electron chi connectivity index (χ4n) is 2.42. The third kappa shape index (κ3) is 3.64. The van der Waals surface area contributed by atoms with Gasteiger partial charge in [-0.3, -0.25) is 4.90 Å². The lowest BCUT2D eigenvalue weighted by Gasteiger charge is -2.18. The normalized spacial score (nSPS) is 16.0. The summed E-state index contributed by atoms with van der Waals surface area (Å²) in [5, 5.41) is 14.0. The molecule has 0 amide bonds. The van der Waals surface area contributed by atoms with Crippen LogP contribution in [0.4, 0.5) is 0 Å². The van der Waals surface area contributed by atoms with Crippen molar-refractivity contribution in [2.45, 2.75) is 25.5 Å². The number of benzene rings is 1. The highest BCUT2D eigenvalue weighted by Gasteiger charge is 2.30. The maximum atomic E-state index is 9.95. The van der Waals surface area contributed by atoms with E-state index >= 15 is 0 Å². The zero-order chi connectivity index (χ0) is 15.5. The van der Waals surface area contributed by atoms with Gasteiger partial charge in [0.05, 0.1) is 19.8 Å². The van der Waals surface area contributed by atoms with E-state index in [1.165, 1.54) is 0 Å². The van der Waals surface area contributed by atoms with E-state index in [9.17, 15) is 5.11 Å². The molecule has 0 saturated heterocycles. The number of aliphatic hydroxyl groups excluding tert-OH is 1. The molecule has 0 bridgehead atoms. The SMILES string of the molecule is COc1ccc(-c2nc(CN(C)CC(O)C3CC3)no2)cc1. The number of aromatic nitrogens is 2. The minimum absolute atomic E-state index is 0.252. The predicted molar refractivity (Wildman–Crippen MR) is 81.4 cm³/mol. The number of aliphatic hydroxyl groups is 1. The lowest BCUT2D eigenvalue weighted by Crippen LogP contribution is -2.30. The van der Waals surface area contributed by atoms with Gasteiger partial charge in [0.25, 0.3) is 5.89 Å². The van der Waals surface area contributed by atoms with Gasteiger partial charge in [-0.25, -0.2) is 0 Å². The quantitative estimate of drug-likeness (QED) is 0.843. The van der Waals surface area contributed by atoms with E-state index in [0.29, 0.717) is 30.7 Å². The Kier molecular flexibility index (Phi) is 4.40. The van der Waals surface area contributed by atoms with Gasteiger partial charge in [0, 0.05) is 12.1 Å². The van der Waals surface area contributed by atoms with Crippen molar-refractivity contribution >= 4 is 0 Å². The average Bonchev–Trinajstić information content (AvgIpc) is 3.28. The highest BCUT2D eigenvalue weighted by molar-refractivity contribution is 5.54. The monoisotopic (exact) mass is 303 g/mol. The van der Waals surface area contributed by atoms with E-state index in [-0.39, 0.29) is 6.10 Å². The van der Waals surface area contributed by atoms with Crippen LogP contribution in [0.1, 0.15) is 18.7 Å². The van der Waals surface area contributed by atoms with Crippen LogP contribution in [0.5, 0.6) is 5.75 Å². The van der Waals surface area contributed by atoms with Gasteiger partial charge in [-0.2, -0.15) is 4.98 Å². The fraction of sp³-hybridized carbons (Fsp3) is 0.500. The van der Waals surface area contributed by atoms with Gasteiger partial charge in [0.15, 0.2) is 5.82 Å². The fourth-order valence-corrected chi connectivity index (χ4v) is 2.42. The van der Waals surface area contributed by atoms with E-state index in [4.69, 9.17) is 9.26 Å². The summed E-state index contributed by atoms with van der Waals surface area (Å²) in [7, 11) is 3.58. The molecule has 0 aliphatic heterocycles. The standard InChI is InChI=1S/C16H21N3O3/c1-19(9-14(20)11-3-4-11)10-15-17-16(22-18-15)12-5-7-13(21-2)8-6-12/h5-8,11,14,20H,3-4,9-10H2,1-2H3. The zero-order valence-electron chi connectivity index (χ0n) is 12.9. The van der Waals surface area contributed by atoms with Crippen LogP contribution in [0.25, 0.3) is 11.5 Å². The molecule has 1 aliphatic carbocycles. The molecule has 1 aromatic heterocycles. The van der Waals surface area contributed by atoms with Crippen LogP contribution >= 0.6 is 0 Å². The molecule has 6 heteroatoms. The van der Waals surface area contributed by atoms with Gasteiger partial charge >= 0.3 is 0 Å². The summed E-state index contributed by atoms with van der Waals surface area (Å²) in [5.41, 5.74) is 0.861. The predicted octanol–water partition coefficient (Wildman–Crippen LogP) is 1.95. The van der Waals surface area contributed by atoms with Crippen LogP contribution in [0, 0.1) is 5.92 Å². The summed E-state index contributed by atoms with van der Waals surface area (Å²) in [5.74, 6) is 2.38. The molecule has 1 unspecified atom stereocenters. The van der Waals surface area contributed by atoms with E-state index in [1.54, 1.807) is 7.11 Å². The molecule has 0 radical (unpaired) electrons. The minimum Gasteiger partial charge on any atom is -0.497 e. The van der Waals surface area contributed by atoms with Crippen LogP contribution < -0.4 is 4.74 Å². The molecule has 1 heterocycles. The van der Waals surface area contributed by atoms with Gasteiger partial charge < -0.3 is 14.4 Å². The first-order chi connectivity index (χ1) is 10.7. The van der Waals surface area contributed by atoms with Crippen LogP contribution in [0.2, 0.25) is 0 Å². The first-order valence-electron chi connectivity index (χ1n) is 7.49. The molecule has 1 aromatic carbocycles. The number of rotatable bonds is 7. The summed E-state index contributed by atoms with van der Waals surface area (Å²) in [6.07, 6.45) is 2.02. The van der Waals surface area contributed by atoms with Crippen molar-refractivity contribution in [3.63, 3.8) is 0 Å². The number of methoxy groups -OCH3 is 1. The first kappa shape index (κ1) is 15.0. The zero-order valence-corrected chi connectivity index (χ0v) is 12.9. The molecule has 1 N–H and O–H groups in total. The molecular weight excluding hydrogens is 282 g/mol. The van der Waals surface area contributed by atoms with Crippen molar-refractivity contribution < 1.29 is 14.4 Å². The van der Waals surface area contributed by atoms with Crippen LogP contribution in [-0.4, -0.2) is 47.0 Å². The molecule has 118 valence electrons. The molecule has 2 aromatic rings. The van der Waals surface area contributed by atoms with Crippen molar-refractivity contribution in [2.24, 2.45) is 5.92 Å². The number of nitrogens with zero attached hydrogens (tertiary/aromatic N) is 3. The van der Waals surface area contributed by atoms with Crippen LogP contribution in [0.15, 0.2) is 28.8 Å². The third-order valence-electron chi connectivity index (χ3n) is 3.88.